The van der Waals surface area contributed by atoms with E-state index in [2.05, 4.69) is 44.2 Å². The Morgan fingerprint density at radius 3 is 2.64 bits per heavy atom. The van der Waals surface area contributed by atoms with Crippen molar-refractivity contribution in [2.45, 2.75) is 33.1 Å². The zero-order chi connectivity index (χ0) is 31.4. The van der Waals surface area contributed by atoms with Crippen LogP contribution < -0.4 is 15.1 Å². The Morgan fingerprint density at radius 1 is 1.14 bits per heavy atom. The van der Waals surface area contributed by atoms with Gasteiger partial charge in [-0.05, 0) is 78.1 Å². The fraction of sp³-hybridized carbons (Fsp3) is 0.200. The molecule has 1 N–H and O–H groups in total. The fourth-order valence-corrected chi connectivity index (χ4v) is 5.43. The molecule has 1 fully saturated rings. The number of halogens is 3. The van der Waals surface area contributed by atoms with Crippen molar-refractivity contribution in [2.75, 3.05) is 10.7 Å². The summed E-state index contributed by atoms with van der Waals surface area (Å²) >= 11 is 6.71. The highest BCUT2D eigenvalue weighted by Gasteiger charge is 2.32. The number of carbonyl (C=O) groups is 1. The first-order chi connectivity index (χ1) is 21.0. The third-order valence-corrected chi connectivity index (χ3v) is 7.46. The third kappa shape index (κ3) is 7.50. The van der Waals surface area contributed by atoms with Gasteiger partial charge in [0, 0.05) is 5.56 Å². The SMILES string of the molecule is Cc1ccc(C(C)C)c(N2C(=O)CS/C2=N\C(=S)N/N=C/c2cccc(-c3ncn(-c4ccc(OC(F)(F)F)cc4)n3)c2)c1. The number of nitrogens with one attached hydrogen (secondary N) is 1. The molecule has 0 atom stereocenters. The minimum atomic E-state index is -4.76. The maximum absolute atomic E-state index is 12.8. The number of amidine groups is 1. The first kappa shape index (κ1) is 30.9. The minimum Gasteiger partial charge on any atom is -0.406 e. The molecular formula is C30H26F3N7O2S2. The Labute approximate surface area is 260 Å². The molecule has 0 unspecified atom stereocenters. The predicted molar refractivity (Wildman–Crippen MR) is 169 cm³/mol. The predicted octanol–water partition coefficient (Wildman–Crippen LogP) is 6.61. The molecule has 1 aliphatic rings. The van der Waals surface area contributed by atoms with Crippen molar-refractivity contribution in [1.29, 1.82) is 0 Å². The molecule has 1 saturated heterocycles. The normalized spacial score (nSPS) is 14.7. The van der Waals surface area contributed by atoms with Gasteiger partial charge in [0.2, 0.25) is 11.0 Å². The average Bonchev–Trinajstić information content (AvgIpc) is 3.60. The van der Waals surface area contributed by atoms with Crippen LogP contribution in [0, 0.1) is 6.92 Å². The topological polar surface area (TPSA) is 97.0 Å². The summed E-state index contributed by atoms with van der Waals surface area (Å²) in [5.74, 6) is 0.504. The van der Waals surface area contributed by atoms with Crippen LogP contribution in [0.4, 0.5) is 18.9 Å². The van der Waals surface area contributed by atoms with E-state index in [1.54, 1.807) is 11.1 Å². The summed E-state index contributed by atoms with van der Waals surface area (Å²) < 4.78 is 42.6. The summed E-state index contributed by atoms with van der Waals surface area (Å²) in [5, 5.41) is 9.23. The van der Waals surface area contributed by atoms with Gasteiger partial charge in [0.05, 0.1) is 23.3 Å². The number of aryl methyl sites for hydroxylation is 1. The second-order valence-corrected chi connectivity index (χ2v) is 11.3. The number of thioether (sulfide) groups is 1. The number of alkyl halides is 3. The molecule has 9 nitrogen and oxygen atoms in total. The van der Waals surface area contributed by atoms with Gasteiger partial charge in [-0.15, -0.1) is 18.3 Å². The molecule has 0 aliphatic carbocycles. The number of hydrogen-bond acceptors (Lipinski definition) is 7. The van der Waals surface area contributed by atoms with Crippen molar-refractivity contribution in [3.63, 3.8) is 0 Å². The minimum absolute atomic E-state index is 0.0621. The van der Waals surface area contributed by atoms with Crippen LogP contribution in [0.25, 0.3) is 17.1 Å². The standard InChI is InChI=1S/C30H26F3N7O2S2/c1-18(2)24-12-7-19(3)13-25(24)40-26(41)16-44-29(40)36-28(43)37-35-15-20-5-4-6-21(14-20)27-34-17-39(38-27)22-8-10-23(11-9-22)42-30(31,32)33/h4-15,17-18H,16H2,1-3H3,(H,37,43)/b35-15+,36-29-. The van der Waals surface area contributed by atoms with Crippen molar-refractivity contribution in [3.05, 3.63) is 89.7 Å². The van der Waals surface area contributed by atoms with Gasteiger partial charge < -0.3 is 4.74 Å². The molecule has 0 bridgehead atoms. The number of carbonyl (C=O) groups excluding carboxylic acids is 1. The van der Waals surface area contributed by atoms with Gasteiger partial charge >= 0.3 is 6.36 Å². The monoisotopic (exact) mass is 637 g/mol. The Bertz CT molecular complexity index is 1750. The van der Waals surface area contributed by atoms with Gasteiger partial charge in [-0.1, -0.05) is 55.9 Å². The molecule has 0 spiro atoms. The zero-order valence-electron chi connectivity index (χ0n) is 23.7. The van der Waals surface area contributed by atoms with Crippen LogP contribution in [0.1, 0.15) is 36.5 Å². The molecule has 5 rings (SSSR count). The van der Waals surface area contributed by atoms with Crippen LogP contribution >= 0.6 is 24.0 Å². The fourth-order valence-electron chi connectivity index (χ4n) is 4.37. The van der Waals surface area contributed by atoms with Gasteiger partial charge in [-0.3, -0.25) is 15.1 Å². The molecule has 2 heterocycles. The molecule has 44 heavy (non-hydrogen) atoms. The molecule has 1 amide bonds. The summed E-state index contributed by atoms with van der Waals surface area (Å²) in [5.41, 5.74) is 7.57. The summed E-state index contributed by atoms with van der Waals surface area (Å²) in [6.07, 6.45) is -1.74. The largest absolute Gasteiger partial charge is 0.573 e. The van der Waals surface area contributed by atoms with E-state index in [0.717, 1.165) is 22.4 Å². The number of benzene rings is 3. The molecule has 14 heteroatoms. The smallest absolute Gasteiger partial charge is 0.406 e. The van der Waals surface area contributed by atoms with E-state index in [1.807, 2.05) is 49.4 Å². The second kappa shape index (κ2) is 13.0. The summed E-state index contributed by atoms with van der Waals surface area (Å²) in [6, 6.07) is 18.6. The van der Waals surface area contributed by atoms with Crippen LogP contribution in [0.3, 0.4) is 0 Å². The number of nitrogens with zero attached hydrogens (tertiary/aromatic N) is 6. The quantitative estimate of drug-likeness (QED) is 0.138. The molecule has 0 saturated carbocycles. The highest BCUT2D eigenvalue weighted by atomic mass is 32.2. The lowest BCUT2D eigenvalue weighted by atomic mass is 9.99. The number of ether oxygens (including phenoxy) is 1. The summed E-state index contributed by atoms with van der Waals surface area (Å²) in [4.78, 5) is 23.2. The zero-order valence-corrected chi connectivity index (χ0v) is 25.4. The average molecular weight is 638 g/mol. The van der Waals surface area contributed by atoms with Gasteiger partial charge in [0.15, 0.2) is 11.0 Å². The highest BCUT2D eigenvalue weighted by molar-refractivity contribution is 8.15. The van der Waals surface area contributed by atoms with E-state index < -0.39 is 6.36 Å². The number of hydrazone groups is 1. The Hall–Kier alpha value is -4.56. The lowest BCUT2D eigenvalue weighted by Crippen LogP contribution is -2.31. The van der Waals surface area contributed by atoms with E-state index >= 15 is 0 Å². The molecular weight excluding hydrogens is 612 g/mol. The first-order valence-corrected chi connectivity index (χ1v) is 14.7. The maximum Gasteiger partial charge on any atom is 0.573 e. The molecule has 226 valence electrons. The molecule has 0 radical (unpaired) electrons. The summed E-state index contributed by atoms with van der Waals surface area (Å²) in [7, 11) is 0. The van der Waals surface area contributed by atoms with Crippen LogP contribution in [-0.2, 0) is 4.79 Å². The Morgan fingerprint density at radius 2 is 1.91 bits per heavy atom. The Balaban J connectivity index is 1.26. The molecule has 1 aromatic heterocycles. The number of aromatic nitrogens is 3. The maximum atomic E-state index is 12.8. The third-order valence-electron chi connectivity index (χ3n) is 6.36. The molecule has 3 aromatic carbocycles. The van der Waals surface area contributed by atoms with Gasteiger partial charge in [0.25, 0.3) is 0 Å². The second-order valence-electron chi connectivity index (χ2n) is 9.98. The summed E-state index contributed by atoms with van der Waals surface area (Å²) in [6.45, 7) is 6.14. The van der Waals surface area contributed by atoms with Crippen LogP contribution in [-0.4, -0.2) is 49.3 Å². The number of anilines is 1. The Kier molecular flexibility index (Phi) is 9.11. The number of amides is 1. The van der Waals surface area contributed by atoms with Gasteiger partial charge in [0.1, 0.15) is 12.1 Å². The van der Waals surface area contributed by atoms with Crippen LogP contribution in [0.2, 0.25) is 0 Å². The van der Waals surface area contributed by atoms with Crippen molar-refractivity contribution in [1.82, 2.24) is 20.2 Å². The van der Waals surface area contributed by atoms with E-state index in [1.165, 1.54) is 47.0 Å². The van der Waals surface area contributed by atoms with E-state index in [9.17, 15) is 18.0 Å². The van der Waals surface area contributed by atoms with Crippen molar-refractivity contribution >= 4 is 52.1 Å². The van der Waals surface area contributed by atoms with E-state index in [4.69, 9.17) is 12.2 Å². The van der Waals surface area contributed by atoms with Crippen molar-refractivity contribution < 1.29 is 22.7 Å². The number of thiocarbonyl (C=S) groups is 1. The van der Waals surface area contributed by atoms with Crippen LogP contribution in [0.15, 0.2) is 83.2 Å². The van der Waals surface area contributed by atoms with Gasteiger partial charge in [-0.2, -0.15) is 10.1 Å². The van der Waals surface area contributed by atoms with E-state index in [0.29, 0.717) is 22.2 Å². The first-order valence-electron chi connectivity index (χ1n) is 13.3. The number of aliphatic imine (C=N–C) groups is 1. The number of rotatable bonds is 7. The van der Waals surface area contributed by atoms with Crippen LogP contribution in [0.5, 0.6) is 5.75 Å². The lowest BCUT2D eigenvalue weighted by molar-refractivity contribution is -0.274. The van der Waals surface area contributed by atoms with Crippen molar-refractivity contribution in [2.24, 2.45) is 10.1 Å². The highest BCUT2D eigenvalue weighted by Crippen LogP contribution is 2.34. The lowest BCUT2D eigenvalue weighted by Gasteiger charge is -2.22. The van der Waals surface area contributed by atoms with Gasteiger partial charge in [-0.25, -0.2) is 9.67 Å². The molecule has 4 aromatic rings. The molecule has 1 aliphatic heterocycles. The van der Waals surface area contributed by atoms with E-state index in [-0.39, 0.29) is 28.4 Å². The van der Waals surface area contributed by atoms with Crippen molar-refractivity contribution in [3.8, 4) is 22.8 Å². The number of hydrogen-bond donors (Lipinski definition) is 1.